The van der Waals surface area contributed by atoms with Crippen LogP contribution >= 0.6 is 0 Å². The molecule has 3 heterocycles. The van der Waals surface area contributed by atoms with Crippen LogP contribution in [0, 0.1) is 0 Å². The van der Waals surface area contributed by atoms with Crippen molar-refractivity contribution in [2.24, 2.45) is 0 Å². The first-order valence-electron chi connectivity index (χ1n) is 6.15. The number of nitrogen functional groups attached to an aromatic ring is 1. The van der Waals surface area contributed by atoms with Crippen LogP contribution in [0.2, 0.25) is 0 Å². The molecule has 2 aromatic rings. The summed E-state index contributed by atoms with van der Waals surface area (Å²) in [5.41, 5.74) is 8.75. The number of nitrogens with two attached hydrogens (primary N) is 1. The number of imidazole rings is 1. The first-order chi connectivity index (χ1) is 8.24. The summed E-state index contributed by atoms with van der Waals surface area (Å²) in [6.07, 6.45) is 6.61. The Bertz CT molecular complexity index is 531. The Balaban J connectivity index is 1.97. The van der Waals surface area contributed by atoms with Gasteiger partial charge in [0.2, 0.25) is 0 Å². The third-order valence-electron chi connectivity index (χ3n) is 3.57. The molecule has 2 N–H and O–H groups in total. The van der Waals surface area contributed by atoms with E-state index < -0.39 is 0 Å². The third-order valence-corrected chi connectivity index (χ3v) is 3.57. The lowest BCUT2D eigenvalue weighted by atomic mass is 9.96. The van der Waals surface area contributed by atoms with Crippen LogP contribution in [0.3, 0.4) is 0 Å². The van der Waals surface area contributed by atoms with E-state index in [1.807, 2.05) is 22.7 Å². The van der Waals surface area contributed by atoms with E-state index in [0.717, 1.165) is 17.9 Å². The van der Waals surface area contributed by atoms with E-state index in [0.29, 0.717) is 5.92 Å². The van der Waals surface area contributed by atoms with Crippen molar-refractivity contribution in [3.05, 3.63) is 30.2 Å². The van der Waals surface area contributed by atoms with Gasteiger partial charge in [-0.05, 0) is 38.6 Å². The highest BCUT2D eigenvalue weighted by molar-refractivity contribution is 5.64. The van der Waals surface area contributed by atoms with Crippen molar-refractivity contribution >= 4 is 11.3 Å². The molecule has 0 spiro atoms. The maximum Gasteiger partial charge on any atom is 0.160 e. The summed E-state index contributed by atoms with van der Waals surface area (Å²) in [4.78, 5) is 7.06. The van der Waals surface area contributed by atoms with Crippen molar-refractivity contribution in [2.45, 2.75) is 18.8 Å². The zero-order valence-corrected chi connectivity index (χ0v) is 10.1. The fraction of sp³-hybridized carbons (Fsp3) is 0.462. The molecule has 1 atom stereocenters. The Labute approximate surface area is 101 Å². The number of piperidine rings is 1. The molecular weight excluding hydrogens is 212 g/mol. The molecule has 0 radical (unpaired) electrons. The van der Waals surface area contributed by atoms with Gasteiger partial charge in [0.1, 0.15) is 0 Å². The number of anilines is 1. The van der Waals surface area contributed by atoms with Crippen molar-refractivity contribution in [1.82, 2.24) is 14.3 Å². The molecule has 0 saturated carbocycles. The fourth-order valence-electron chi connectivity index (χ4n) is 2.66. The summed E-state index contributed by atoms with van der Waals surface area (Å²) >= 11 is 0. The average Bonchev–Trinajstić information content (AvgIpc) is 2.74. The van der Waals surface area contributed by atoms with E-state index in [9.17, 15) is 0 Å². The second-order valence-electron chi connectivity index (χ2n) is 4.96. The smallest absolute Gasteiger partial charge is 0.160 e. The number of likely N-dealkylation sites (tertiary alicyclic amines) is 1. The number of pyridine rings is 1. The molecule has 1 saturated heterocycles. The number of fused-ring (bicyclic) bond motifs is 1. The summed E-state index contributed by atoms with van der Waals surface area (Å²) in [6.45, 7) is 2.30. The SMILES string of the molecule is CN1CCCC(c2cn3cccc(N)c3n2)C1. The van der Waals surface area contributed by atoms with Crippen LogP contribution in [0.15, 0.2) is 24.5 Å². The molecular formula is C13H18N4. The van der Waals surface area contributed by atoms with Gasteiger partial charge in [0.05, 0.1) is 11.4 Å². The first kappa shape index (κ1) is 10.6. The zero-order valence-electron chi connectivity index (χ0n) is 10.1. The maximum atomic E-state index is 5.93. The van der Waals surface area contributed by atoms with Crippen molar-refractivity contribution in [2.75, 3.05) is 25.9 Å². The Morgan fingerprint density at radius 1 is 1.47 bits per heavy atom. The van der Waals surface area contributed by atoms with Gasteiger partial charge in [0.15, 0.2) is 5.65 Å². The van der Waals surface area contributed by atoms with E-state index in [4.69, 9.17) is 5.73 Å². The van der Waals surface area contributed by atoms with E-state index >= 15 is 0 Å². The Hall–Kier alpha value is -1.55. The molecule has 3 rings (SSSR count). The number of hydrogen-bond acceptors (Lipinski definition) is 3. The summed E-state index contributed by atoms with van der Waals surface area (Å²) in [7, 11) is 2.18. The van der Waals surface area contributed by atoms with Crippen LogP contribution in [-0.2, 0) is 0 Å². The van der Waals surface area contributed by atoms with E-state index in [1.165, 1.54) is 25.1 Å². The predicted octanol–water partition coefficient (Wildman–Crippen LogP) is 1.73. The molecule has 17 heavy (non-hydrogen) atoms. The maximum absolute atomic E-state index is 5.93. The van der Waals surface area contributed by atoms with Crippen molar-refractivity contribution in [3.8, 4) is 0 Å². The van der Waals surface area contributed by atoms with Gasteiger partial charge in [-0.15, -0.1) is 0 Å². The van der Waals surface area contributed by atoms with Crippen LogP contribution in [-0.4, -0.2) is 34.4 Å². The van der Waals surface area contributed by atoms with Crippen LogP contribution in [0.5, 0.6) is 0 Å². The molecule has 4 heteroatoms. The number of likely N-dealkylation sites (N-methyl/N-ethyl adjacent to an activating group) is 1. The van der Waals surface area contributed by atoms with Crippen molar-refractivity contribution in [1.29, 1.82) is 0 Å². The summed E-state index contributed by atoms with van der Waals surface area (Å²) in [5.74, 6) is 0.549. The average molecular weight is 230 g/mol. The van der Waals surface area contributed by atoms with Crippen molar-refractivity contribution < 1.29 is 0 Å². The highest BCUT2D eigenvalue weighted by Gasteiger charge is 2.21. The molecule has 1 unspecified atom stereocenters. The second kappa shape index (κ2) is 4.04. The molecule has 1 fully saturated rings. The standard InChI is InChI=1S/C13H18N4/c1-16-6-2-4-10(8-16)12-9-17-7-3-5-11(14)13(17)15-12/h3,5,7,9-10H,2,4,6,8,14H2,1H3. The van der Waals surface area contributed by atoms with E-state index in [1.54, 1.807) is 0 Å². The predicted molar refractivity (Wildman–Crippen MR) is 69.1 cm³/mol. The Morgan fingerprint density at radius 2 is 2.35 bits per heavy atom. The van der Waals surface area contributed by atoms with Gasteiger partial charge in [0, 0.05) is 24.9 Å². The van der Waals surface area contributed by atoms with Crippen LogP contribution < -0.4 is 5.73 Å². The lowest BCUT2D eigenvalue weighted by molar-refractivity contribution is 0.249. The monoisotopic (exact) mass is 230 g/mol. The fourth-order valence-corrected chi connectivity index (χ4v) is 2.66. The largest absolute Gasteiger partial charge is 0.396 e. The number of rotatable bonds is 1. The van der Waals surface area contributed by atoms with Crippen LogP contribution in [0.4, 0.5) is 5.69 Å². The summed E-state index contributed by atoms with van der Waals surface area (Å²) in [5, 5.41) is 0. The van der Waals surface area contributed by atoms with Gasteiger partial charge < -0.3 is 15.0 Å². The Kier molecular flexibility index (Phi) is 2.52. The quantitative estimate of drug-likeness (QED) is 0.811. The van der Waals surface area contributed by atoms with Gasteiger partial charge in [-0.25, -0.2) is 4.98 Å². The molecule has 90 valence electrons. The third kappa shape index (κ3) is 1.89. The van der Waals surface area contributed by atoms with Crippen LogP contribution in [0.1, 0.15) is 24.5 Å². The minimum atomic E-state index is 0.549. The van der Waals surface area contributed by atoms with E-state index in [2.05, 4.69) is 23.1 Å². The lowest BCUT2D eigenvalue weighted by Crippen LogP contribution is -2.30. The molecule has 0 amide bonds. The van der Waals surface area contributed by atoms with Gasteiger partial charge in [-0.1, -0.05) is 0 Å². The van der Waals surface area contributed by atoms with Crippen LogP contribution in [0.25, 0.3) is 5.65 Å². The summed E-state index contributed by atoms with van der Waals surface area (Å²) in [6, 6.07) is 3.86. The zero-order chi connectivity index (χ0) is 11.8. The number of hydrogen-bond donors (Lipinski definition) is 1. The highest BCUT2D eigenvalue weighted by atomic mass is 15.1. The second-order valence-corrected chi connectivity index (χ2v) is 4.96. The number of aromatic nitrogens is 2. The molecule has 1 aliphatic rings. The van der Waals surface area contributed by atoms with Gasteiger partial charge in [0.25, 0.3) is 0 Å². The molecule has 1 aliphatic heterocycles. The minimum absolute atomic E-state index is 0.549. The van der Waals surface area contributed by atoms with Gasteiger partial charge in [-0.3, -0.25) is 0 Å². The van der Waals surface area contributed by atoms with E-state index in [-0.39, 0.29) is 0 Å². The normalized spacial score (nSPS) is 22.1. The van der Waals surface area contributed by atoms with Gasteiger partial charge in [-0.2, -0.15) is 0 Å². The van der Waals surface area contributed by atoms with Gasteiger partial charge >= 0.3 is 0 Å². The molecule has 2 aromatic heterocycles. The minimum Gasteiger partial charge on any atom is -0.396 e. The molecule has 0 bridgehead atoms. The molecule has 4 nitrogen and oxygen atoms in total. The summed E-state index contributed by atoms with van der Waals surface area (Å²) < 4.78 is 2.03. The molecule has 0 aromatic carbocycles. The van der Waals surface area contributed by atoms with Crippen molar-refractivity contribution in [3.63, 3.8) is 0 Å². The molecule has 0 aliphatic carbocycles. The topological polar surface area (TPSA) is 46.6 Å². The first-order valence-corrected chi connectivity index (χ1v) is 6.15. The number of nitrogens with zero attached hydrogens (tertiary/aromatic N) is 3. The highest BCUT2D eigenvalue weighted by Crippen LogP contribution is 2.26. The lowest BCUT2D eigenvalue weighted by Gasteiger charge is -2.28. The Morgan fingerprint density at radius 3 is 3.12 bits per heavy atom.